The first-order valence-electron chi connectivity index (χ1n) is 7.19. The molecule has 1 aliphatic rings. The maximum Gasteiger partial charge on any atom is 0.248 e. The number of nitrogens with two attached hydrogens (primary N) is 1. The van der Waals surface area contributed by atoms with Crippen molar-refractivity contribution in [1.29, 1.82) is 0 Å². The number of primary amides is 1. The molecule has 3 rings (SSSR count). The molecule has 2 N–H and O–H groups in total. The van der Waals surface area contributed by atoms with Crippen molar-refractivity contribution in [2.45, 2.75) is 32.4 Å². The molecule has 1 amide bonds. The summed E-state index contributed by atoms with van der Waals surface area (Å²) in [5.41, 5.74) is 7.99. The molecule has 0 saturated carbocycles. The van der Waals surface area contributed by atoms with E-state index in [1.807, 2.05) is 25.1 Å². The van der Waals surface area contributed by atoms with Crippen LogP contribution in [0.1, 0.15) is 46.3 Å². The molecule has 1 saturated heterocycles. The zero-order valence-electron chi connectivity index (χ0n) is 12.1. The van der Waals surface area contributed by atoms with E-state index in [1.54, 1.807) is 12.1 Å². The van der Waals surface area contributed by atoms with Crippen molar-refractivity contribution in [3.63, 3.8) is 0 Å². The highest BCUT2D eigenvalue weighted by molar-refractivity contribution is 5.92. The Hall–Kier alpha value is -2.14. The lowest BCUT2D eigenvalue weighted by molar-refractivity contribution is 0.100. The second kappa shape index (κ2) is 5.69. The third-order valence-corrected chi connectivity index (χ3v) is 3.98. The number of hydrogen-bond acceptors (Lipinski definition) is 4. The molecule has 1 fully saturated rings. The second-order valence-electron chi connectivity index (χ2n) is 5.55. The van der Waals surface area contributed by atoms with Crippen LogP contribution in [0.4, 0.5) is 0 Å². The molecule has 5 nitrogen and oxygen atoms in total. The van der Waals surface area contributed by atoms with Crippen molar-refractivity contribution in [3.05, 3.63) is 52.9 Å². The number of aryl methyl sites for hydroxylation is 1. The topological polar surface area (TPSA) is 72.4 Å². The summed E-state index contributed by atoms with van der Waals surface area (Å²) in [5, 5.41) is 4.15. The molecule has 0 bridgehead atoms. The largest absolute Gasteiger partial charge is 0.366 e. The highest BCUT2D eigenvalue weighted by atomic mass is 16.5. The standard InChI is InChI=1S/C16H19N3O2/c1-11-9-14(18-21-11)15-3-2-8-19(15)10-12-4-6-13(7-5-12)16(17)20/h4-7,9,15H,2-3,8,10H2,1H3,(H2,17,20)/t15-/m1/s1. The van der Waals surface area contributed by atoms with Crippen LogP contribution < -0.4 is 5.73 Å². The lowest BCUT2D eigenvalue weighted by Crippen LogP contribution is -2.23. The van der Waals surface area contributed by atoms with E-state index in [2.05, 4.69) is 10.1 Å². The maximum absolute atomic E-state index is 11.1. The molecule has 2 aromatic rings. The maximum atomic E-state index is 11.1. The number of nitrogens with zero attached hydrogens (tertiary/aromatic N) is 2. The van der Waals surface area contributed by atoms with Gasteiger partial charge in [0.15, 0.2) is 0 Å². The van der Waals surface area contributed by atoms with E-state index in [1.165, 1.54) is 5.56 Å². The van der Waals surface area contributed by atoms with Gasteiger partial charge in [-0.15, -0.1) is 0 Å². The Morgan fingerprint density at radius 3 is 2.81 bits per heavy atom. The van der Waals surface area contributed by atoms with Gasteiger partial charge in [0.2, 0.25) is 5.91 Å². The fraction of sp³-hybridized carbons (Fsp3) is 0.375. The van der Waals surface area contributed by atoms with E-state index < -0.39 is 5.91 Å². The predicted molar refractivity (Wildman–Crippen MR) is 78.6 cm³/mol. The molecular weight excluding hydrogens is 266 g/mol. The first-order valence-corrected chi connectivity index (χ1v) is 7.19. The van der Waals surface area contributed by atoms with Gasteiger partial charge in [-0.25, -0.2) is 0 Å². The zero-order chi connectivity index (χ0) is 14.8. The lowest BCUT2D eigenvalue weighted by atomic mass is 10.1. The minimum absolute atomic E-state index is 0.318. The summed E-state index contributed by atoms with van der Waals surface area (Å²) in [6, 6.07) is 9.82. The van der Waals surface area contributed by atoms with Crippen LogP contribution in [0.25, 0.3) is 0 Å². The minimum Gasteiger partial charge on any atom is -0.366 e. The Bertz CT molecular complexity index is 633. The van der Waals surface area contributed by atoms with Gasteiger partial charge in [-0.1, -0.05) is 17.3 Å². The van der Waals surface area contributed by atoms with Gasteiger partial charge in [0.05, 0.1) is 6.04 Å². The molecule has 110 valence electrons. The van der Waals surface area contributed by atoms with Crippen molar-refractivity contribution in [2.24, 2.45) is 5.73 Å². The predicted octanol–water partition coefficient (Wildman–Crippen LogP) is 2.42. The van der Waals surface area contributed by atoms with Gasteiger partial charge < -0.3 is 10.3 Å². The van der Waals surface area contributed by atoms with E-state index in [4.69, 9.17) is 10.3 Å². The van der Waals surface area contributed by atoms with Crippen LogP contribution in [0.3, 0.4) is 0 Å². The summed E-state index contributed by atoms with van der Waals surface area (Å²) in [4.78, 5) is 13.5. The molecule has 21 heavy (non-hydrogen) atoms. The highest BCUT2D eigenvalue weighted by Gasteiger charge is 2.28. The third-order valence-electron chi connectivity index (χ3n) is 3.98. The number of rotatable bonds is 4. The monoisotopic (exact) mass is 285 g/mol. The number of benzene rings is 1. The van der Waals surface area contributed by atoms with Gasteiger partial charge in [-0.3, -0.25) is 9.69 Å². The SMILES string of the molecule is Cc1cc([C@H]2CCCN2Cc2ccc(C(N)=O)cc2)no1. The number of amides is 1. The normalized spacial score (nSPS) is 19.0. The van der Waals surface area contributed by atoms with E-state index >= 15 is 0 Å². The number of carbonyl (C=O) groups is 1. The third kappa shape index (κ3) is 2.97. The van der Waals surface area contributed by atoms with Gasteiger partial charge in [-0.05, 0) is 44.0 Å². The van der Waals surface area contributed by atoms with Gasteiger partial charge in [0, 0.05) is 18.2 Å². The molecule has 0 unspecified atom stereocenters. The van der Waals surface area contributed by atoms with Gasteiger partial charge >= 0.3 is 0 Å². The van der Waals surface area contributed by atoms with Crippen LogP contribution in [0.5, 0.6) is 0 Å². The molecule has 0 aliphatic carbocycles. The van der Waals surface area contributed by atoms with Crippen molar-refractivity contribution in [3.8, 4) is 0 Å². The molecule has 1 aromatic carbocycles. The Morgan fingerprint density at radius 2 is 2.19 bits per heavy atom. The summed E-state index contributed by atoms with van der Waals surface area (Å²) in [6.45, 7) is 3.81. The van der Waals surface area contributed by atoms with Crippen LogP contribution in [0.15, 0.2) is 34.9 Å². The first-order chi connectivity index (χ1) is 10.1. The van der Waals surface area contributed by atoms with E-state index in [9.17, 15) is 4.79 Å². The summed E-state index contributed by atoms with van der Waals surface area (Å²) >= 11 is 0. The Labute approximate surface area is 123 Å². The average Bonchev–Trinajstić information content (AvgIpc) is 3.08. The fourth-order valence-corrected chi connectivity index (χ4v) is 2.90. The summed E-state index contributed by atoms with van der Waals surface area (Å²) in [6.07, 6.45) is 2.27. The Balaban J connectivity index is 1.72. The molecule has 1 aliphatic heterocycles. The lowest BCUT2D eigenvalue weighted by Gasteiger charge is -2.22. The Kier molecular flexibility index (Phi) is 3.75. The summed E-state index contributed by atoms with van der Waals surface area (Å²) in [7, 11) is 0. The van der Waals surface area contributed by atoms with Crippen LogP contribution in [0, 0.1) is 6.92 Å². The first kappa shape index (κ1) is 13.8. The number of likely N-dealkylation sites (tertiary alicyclic amines) is 1. The molecule has 5 heteroatoms. The van der Waals surface area contributed by atoms with Crippen molar-refractivity contribution in [1.82, 2.24) is 10.1 Å². The van der Waals surface area contributed by atoms with Crippen molar-refractivity contribution in [2.75, 3.05) is 6.54 Å². The highest BCUT2D eigenvalue weighted by Crippen LogP contribution is 2.32. The van der Waals surface area contributed by atoms with Crippen LogP contribution in [0.2, 0.25) is 0 Å². The van der Waals surface area contributed by atoms with Crippen molar-refractivity contribution < 1.29 is 9.32 Å². The number of aromatic nitrogens is 1. The smallest absolute Gasteiger partial charge is 0.248 e. The van der Waals surface area contributed by atoms with E-state index in [-0.39, 0.29) is 0 Å². The summed E-state index contributed by atoms with van der Waals surface area (Å²) in [5.74, 6) is 0.460. The van der Waals surface area contributed by atoms with Crippen LogP contribution in [-0.2, 0) is 6.54 Å². The van der Waals surface area contributed by atoms with E-state index in [0.717, 1.165) is 37.4 Å². The fourth-order valence-electron chi connectivity index (χ4n) is 2.90. The molecule has 0 radical (unpaired) electrons. The molecule has 2 heterocycles. The number of carbonyl (C=O) groups excluding carboxylic acids is 1. The summed E-state index contributed by atoms with van der Waals surface area (Å²) < 4.78 is 5.19. The molecular formula is C16H19N3O2. The van der Waals surface area contributed by atoms with E-state index in [0.29, 0.717) is 11.6 Å². The van der Waals surface area contributed by atoms with Gasteiger partial charge in [-0.2, -0.15) is 0 Å². The van der Waals surface area contributed by atoms with Crippen LogP contribution in [-0.4, -0.2) is 22.5 Å². The van der Waals surface area contributed by atoms with Crippen molar-refractivity contribution >= 4 is 5.91 Å². The number of hydrogen-bond donors (Lipinski definition) is 1. The van der Waals surface area contributed by atoms with Crippen LogP contribution >= 0.6 is 0 Å². The minimum atomic E-state index is -0.390. The second-order valence-corrected chi connectivity index (χ2v) is 5.55. The van der Waals surface area contributed by atoms with Gasteiger partial charge in [0.25, 0.3) is 0 Å². The molecule has 1 atom stereocenters. The molecule has 0 spiro atoms. The van der Waals surface area contributed by atoms with Gasteiger partial charge in [0.1, 0.15) is 11.5 Å². The quantitative estimate of drug-likeness (QED) is 0.936. The zero-order valence-corrected chi connectivity index (χ0v) is 12.1. The molecule has 1 aromatic heterocycles. The Morgan fingerprint density at radius 1 is 1.43 bits per heavy atom. The average molecular weight is 285 g/mol.